The first-order chi connectivity index (χ1) is 11.7. The molecule has 7 nitrogen and oxygen atoms in total. The van der Waals surface area contributed by atoms with Gasteiger partial charge in [0.25, 0.3) is 0 Å². The summed E-state index contributed by atoms with van der Waals surface area (Å²) in [5, 5.41) is 10.5. The molecule has 0 unspecified atom stereocenters. The van der Waals surface area contributed by atoms with Crippen molar-refractivity contribution in [1.29, 1.82) is 0 Å². The highest BCUT2D eigenvalue weighted by atomic mass is 16.4. The first-order valence-corrected chi connectivity index (χ1v) is 7.85. The molecule has 0 bridgehead atoms. The molecule has 24 heavy (non-hydrogen) atoms. The number of benzene rings is 1. The molecule has 0 aliphatic carbocycles. The Morgan fingerprint density at radius 1 is 1.29 bits per heavy atom. The van der Waals surface area contributed by atoms with E-state index in [1.165, 1.54) is 0 Å². The first kappa shape index (κ1) is 15.9. The molecule has 0 atom stereocenters. The monoisotopic (exact) mass is 325 g/mol. The Kier molecular flexibility index (Phi) is 5.00. The maximum absolute atomic E-state index is 12.0. The van der Waals surface area contributed by atoms with Gasteiger partial charge in [-0.2, -0.15) is 0 Å². The van der Waals surface area contributed by atoms with E-state index in [1.54, 1.807) is 17.1 Å². The van der Waals surface area contributed by atoms with Crippen LogP contribution < -0.4 is 5.32 Å². The number of nitrogens with zero attached hydrogens (tertiary/aromatic N) is 4. The molecule has 0 fully saturated rings. The highest BCUT2D eigenvalue weighted by Crippen LogP contribution is 2.21. The molecule has 1 aromatic carbocycles. The number of nitrogens with one attached hydrogen (secondary N) is 1. The van der Waals surface area contributed by atoms with E-state index < -0.39 is 0 Å². The van der Waals surface area contributed by atoms with Gasteiger partial charge in [-0.05, 0) is 25.5 Å². The lowest BCUT2D eigenvalue weighted by atomic mass is 10.2. The average molecular weight is 325 g/mol. The van der Waals surface area contributed by atoms with E-state index in [0.29, 0.717) is 23.9 Å². The van der Waals surface area contributed by atoms with Crippen molar-refractivity contribution < 1.29 is 9.21 Å². The Hall–Kier alpha value is -2.96. The third-order valence-electron chi connectivity index (χ3n) is 3.60. The van der Waals surface area contributed by atoms with Gasteiger partial charge in [0.15, 0.2) is 0 Å². The molecule has 124 valence electrons. The summed E-state index contributed by atoms with van der Waals surface area (Å²) in [6, 6.07) is 9.65. The molecule has 1 amide bonds. The van der Waals surface area contributed by atoms with Crippen LogP contribution in [0.2, 0.25) is 0 Å². The summed E-state index contributed by atoms with van der Waals surface area (Å²) in [4.78, 5) is 16.5. The molecule has 7 heteroatoms. The maximum Gasteiger partial charge on any atom is 0.226 e. The van der Waals surface area contributed by atoms with E-state index in [-0.39, 0.29) is 12.3 Å². The van der Waals surface area contributed by atoms with E-state index in [2.05, 4.69) is 20.6 Å². The number of hydrogen-bond acceptors (Lipinski definition) is 5. The van der Waals surface area contributed by atoms with Crippen molar-refractivity contribution in [2.45, 2.75) is 26.3 Å². The van der Waals surface area contributed by atoms with Gasteiger partial charge < -0.3 is 9.73 Å². The van der Waals surface area contributed by atoms with E-state index in [1.807, 2.05) is 37.3 Å². The van der Waals surface area contributed by atoms with Crippen LogP contribution in [0.3, 0.4) is 0 Å². The van der Waals surface area contributed by atoms with Crippen LogP contribution in [-0.4, -0.2) is 32.4 Å². The van der Waals surface area contributed by atoms with E-state index in [9.17, 15) is 4.79 Å². The quantitative estimate of drug-likeness (QED) is 0.671. The molecule has 0 aliphatic heterocycles. The van der Waals surface area contributed by atoms with E-state index in [4.69, 9.17) is 4.42 Å². The fourth-order valence-electron chi connectivity index (χ4n) is 2.33. The Bertz CT molecular complexity index is 781. The molecule has 2 aromatic heterocycles. The zero-order chi connectivity index (χ0) is 16.8. The summed E-state index contributed by atoms with van der Waals surface area (Å²) in [5.41, 5.74) is 1.57. The zero-order valence-electron chi connectivity index (χ0n) is 13.5. The molecule has 3 aromatic rings. The predicted octanol–water partition coefficient (Wildman–Crippen LogP) is 1.99. The second-order valence-corrected chi connectivity index (χ2v) is 5.43. The number of amides is 1. The fraction of sp³-hybridized carbons (Fsp3) is 0.294. The highest BCUT2D eigenvalue weighted by Gasteiger charge is 2.14. The van der Waals surface area contributed by atoms with Crippen LogP contribution in [-0.2, 0) is 17.8 Å². The number of oxazole rings is 1. The van der Waals surface area contributed by atoms with E-state index >= 15 is 0 Å². The summed E-state index contributed by atoms with van der Waals surface area (Å²) < 4.78 is 7.40. The van der Waals surface area contributed by atoms with Gasteiger partial charge in [-0.25, -0.2) is 4.98 Å². The lowest BCUT2D eigenvalue weighted by Crippen LogP contribution is -2.27. The number of carbonyl (C=O) groups is 1. The largest absolute Gasteiger partial charge is 0.441 e. The number of aromatic nitrogens is 4. The molecule has 3 rings (SSSR count). The van der Waals surface area contributed by atoms with Gasteiger partial charge in [-0.15, -0.1) is 5.10 Å². The topological polar surface area (TPSA) is 85.8 Å². The minimum absolute atomic E-state index is 0.0652. The van der Waals surface area contributed by atoms with Gasteiger partial charge in [0.05, 0.1) is 18.3 Å². The third kappa shape index (κ3) is 4.07. The fourth-order valence-corrected chi connectivity index (χ4v) is 2.33. The van der Waals surface area contributed by atoms with Gasteiger partial charge in [0.2, 0.25) is 11.8 Å². The normalized spacial score (nSPS) is 10.7. The van der Waals surface area contributed by atoms with Crippen molar-refractivity contribution in [2.75, 3.05) is 6.54 Å². The lowest BCUT2D eigenvalue weighted by Gasteiger charge is -2.04. The van der Waals surface area contributed by atoms with Crippen molar-refractivity contribution in [3.63, 3.8) is 0 Å². The van der Waals surface area contributed by atoms with Crippen LogP contribution in [0.25, 0.3) is 11.5 Å². The van der Waals surface area contributed by atoms with Crippen LogP contribution >= 0.6 is 0 Å². The third-order valence-corrected chi connectivity index (χ3v) is 3.60. The van der Waals surface area contributed by atoms with Crippen molar-refractivity contribution in [3.8, 4) is 11.5 Å². The Balaban J connectivity index is 1.50. The van der Waals surface area contributed by atoms with Crippen molar-refractivity contribution in [3.05, 3.63) is 54.2 Å². The molecule has 2 heterocycles. The van der Waals surface area contributed by atoms with Gasteiger partial charge in [0.1, 0.15) is 5.76 Å². The standard InChI is InChI=1S/C17H19N5O2/c1-13-15(20-17(24-13)14-6-3-2-4-7-14)12-16(23)18-8-5-10-22-11-9-19-21-22/h2-4,6-7,9,11H,5,8,10,12H2,1H3,(H,18,23). The van der Waals surface area contributed by atoms with Crippen molar-refractivity contribution in [1.82, 2.24) is 25.3 Å². The predicted molar refractivity (Wildman–Crippen MR) is 88.0 cm³/mol. The van der Waals surface area contributed by atoms with E-state index in [0.717, 1.165) is 18.5 Å². The zero-order valence-corrected chi connectivity index (χ0v) is 13.5. The van der Waals surface area contributed by atoms with Gasteiger partial charge in [-0.1, -0.05) is 23.4 Å². The van der Waals surface area contributed by atoms with Crippen LogP contribution in [0.5, 0.6) is 0 Å². The van der Waals surface area contributed by atoms with Crippen LogP contribution in [0, 0.1) is 6.92 Å². The molecule has 0 spiro atoms. The smallest absolute Gasteiger partial charge is 0.226 e. The summed E-state index contributed by atoms with van der Waals surface area (Å²) >= 11 is 0. The number of aryl methyl sites for hydroxylation is 2. The van der Waals surface area contributed by atoms with Gasteiger partial charge in [-0.3, -0.25) is 9.48 Å². The van der Waals surface area contributed by atoms with Crippen molar-refractivity contribution >= 4 is 5.91 Å². The highest BCUT2D eigenvalue weighted by molar-refractivity contribution is 5.78. The summed E-state index contributed by atoms with van der Waals surface area (Å²) in [5.74, 6) is 1.15. The van der Waals surface area contributed by atoms with Gasteiger partial charge in [0, 0.05) is 24.8 Å². The number of rotatable bonds is 7. The number of hydrogen-bond donors (Lipinski definition) is 1. The minimum atomic E-state index is -0.0652. The van der Waals surface area contributed by atoms with Gasteiger partial charge >= 0.3 is 0 Å². The number of carbonyl (C=O) groups excluding carboxylic acids is 1. The average Bonchev–Trinajstić information content (AvgIpc) is 3.23. The molecule has 0 saturated carbocycles. The van der Waals surface area contributed by atoms with Crippen LogP contribution in [0.1, 0.15) is 17.9 Å². The molecule has 0 radical (unpaired) electrons. The minimum Gasteiger partial charge on any atom is -0.441 e. The molecule has 1 N–H and O–H groups in total. The second kappa shape index (κ2) is 7.54. The summed E-state index contributed by atoms with van der Waals surface area (Å²) in [6.07, 6.45) is 4.44. The van der Waals surface area contributed by atoms with Crippen LogP contribution in [0.4, 0.5) is 0 Å². The second-order valence-electron chi connectivity index (χ2n) is 5.43. The maximum atomic E-state index is 12.0. The SMILES string of the molecule is Cc1oc(-c2ccccc2)nc1CC(=O)NCCCn1ccnn1. The summed E-state index contributed by atoms with van der Waals surface area (Å²) in [7, 11) is 0. The molecular formula is C17H19N5O2. The molecular weight excluding hydrogens is 306 g/mol. The molecule has 0 aliphatic rings. The first-order valence-electron chi connectivity index (χ1n) is 7.85. The Morgan fingerprint density at radius 2 is 2.12 bits per heavy atom. The molecule has 0 saturated heterocycles. The van der Waals surface area contributed by atoms with Crippen molar-refractivity contribution in [2.24, 2.45) is 0 Å². The Labute approximate surface area is 139 Å². The summed E-state index contributed by atoms with van der Waals surface area (Å²) in [6.45, 7) is 3.13. The van der Waals surface area contributed by atoms with Crippen LogP contribution in [0.15, 0.2) is 47.1 Å². The lowest BCUT2D eigenvalue weighted by molar-refractivity contribution is -0.120. The Morgan fingerprint density at radius 3 is 2.88 bits per heavy atom.